The Bertz CT molecular complexity index is 601. The van der Waals surface area contributed by atoms with Gasteiger partial charge in [0.2, 0.25) is 5.95 Å². The van der Waals surface area contributed by atoms with Crippen molar-refractivity contribution < 1.29 is 4.74 Å². The lowest BCUT2D eigenvalue weighted by Crippen LogP contribution is -2.14. The van der Waals surface area contributed by atoms with E-state index in [9.17, 15) is 0 Å². The minimum absolute atomic E-state index is 0.268. The molecule has 0 bridgehead atoms. The van der Waals surface area contributed by atoms with Crippen LogP contribution in [0, 0.1) is 6.92 Å². The molecular weight excluding hydrogens is 280 g/mol. The van der Waals surface area contributed by atoms with Crippen molar-refractivity contribution in [3.8, 4) is 0 Å². The summed E-state index contributed by atoms with van der Waals surface area (Å²) >= 11 is 3.43. The predicted molar refractivity (Wildman–Crippen MR) is 79.6 cm³/mol. The molecule has 0 amide bonds. The van der Waals surface area contributed by atoms with Gasteiger partial charge in [-0.3, -0.25) is 5.43 Å². The molecule has 1 saturated heterocycles. The first kappa shape index (κ1) is 13.1. The lowest BCUT2D eigenvalue weighted by Gasteiger charge is -2.13. The average Bonchev–Trinajstić information content (AvgIpc) is 2.95. The maximum atomic E-state index is 5.61. The molecule has 1 aliphatic heterocycles. The van der Waals surface area contributed by atoms with E-state index in [2.05, 4.69) is 35.3 Å². The van der Waals surface area contributed by atoms with Gasteiger partial charge in [0.1, 0.15) is 9.86 Å². The Labute approximate surface area is 119 Å². The third-order valence-corrected chi connectivity index (χ3v) is 5.58. The third-order valence-electron chi connectivity index (χ3n) is 3.18. The number of nitrogens with two attached hydrogens (primary N) is 1. The van der Waals surface area contributed by atoms with Gasteiger partial charge < -0.3 is 4.74 Å². The molecule has 2 aromatic rings. The summed E-state index contributed by atoms with van der Waals surface area (Å²) in [5, 5.41) is 2.55. The van der Waals surface area contributed by atoms with Crippen molar-refractivity contribution in [2.45, 2.75) is 36.6 Å². The monoisotopic (exact) mass is 296 g/mol. The molecule has 19 heavy (non-hydrogen) atoms. The zero-order chi connectivity index (χ0) is 13.4. The van der Waals surface area contributed by atoms with E-state index in [1.807, 2.05) is 0 Å². The number of rotatable bonds is 3. The molecule has 0 spiro atoms. The number of hydrogen-bond donors (Lipinski definition) is 2. The largest absolute Gasteiger partial charge is 0.377 e. The zero-order valence-corrected chi connectivity index (χ0v) is 12.5. The first-order valence-electron chi connectivity index (χ1n) is 6.20. The van der Waals surface area contributed by atoms with Crippen LogP contribution in [0.2, 0.25) is 0 Å². The van der Waals surface area contributed by atoms with Crippen molar-refractivity contribution in [3.63, 3.8) is 0 Å². The van der Waals surface area contributed by atoms with E-state index < -0.39 is 0 Å². The molecule has 3 heterocycles. The molecule has 3 N–H and O–H groups in total. The van der Waals surface area contributed by atoms with Gasteiger partial charge in [-0.1, -0.05) is 11.8 Å². The topological polar surface area (TPSA) is 73.1 Å². The highest BCUT2D eigenvalue weighted by atomic mass is 32.2. The van der Waals surface area contributed by atoms with Crippen molar-refractivity contribution in [2.75, 3.05) is 12.0 Å². The smallest absolute Gasteiger partial charge is 0.239 e. The number of nitrogens with zero attached hydrogens (tertiary/aromatic N) is 2. The third kappa shape index (κ3) is 2.55. The Kier molecular flexibility index (Phi) is 3.62. The summed E-state index contributed by atoms with van der Waals surface area (Å²) < 4.78 is 5.61. The van der Waals surface area contributed by atoms with Gasteiger partial charge >= 0.3 is 0 Å². The van der Waals surface area contributed by atoms with Crippen LogP contribution in [0.4, 0.5) is 5.95 Å². The van der Waals surface area contributed by atoms with E-state index in [-0.39, 0.29) is 6.10 Å². The molecule has 1 fully saturated rings. The molecule has 3 rings (SSSR count). The number of aromatic nitrogens is 2. The second-order valence-electron chi connectivity index (χ2n) is 4.59. The highest BCUT2D eigenvalue weighted by Gasteiger charge is 2.27. The first-order valence-corrected chi connectivity index (χ1v) is 7.90. The van der Waals surface area contributed by atoms with Crippen molar-refractivity contribution in [2.24, 2.45) is 5.84 Å². The molecule has 2 unspecified atom stereocenters. The highest BCUT2D eigenvalue weighted by Crippen LogP contribution is 2.37. The maximum Gasteiger partial charge on any atom is 0.239 e. The summed E-state index contributed by atoms with van der Waals surface area (Å²) in [4.78, 5) is 11.1. The predicted octanol–water partition coefficient (Wildman–Crippen LogP) is 2.55. The van der Waals surface area contributed by atoms with Gasteiger partial charge in [0.05, 0.1) is 6.10 Å². The standard InChI is InChI=1S/C12H16N4OS2/c1-6-5-8-10(18-6)14-12(16-13)15-11(8)19-9-3-4-17-7(9)2/h5,7,9H,3-4,13H2,1-2H3,(H,14,15,16). The molecule has 2 aromatic heterocycles. The summed E-state index contributed by atoms with van der Waals surface area (Å²) in [7, 11) is 0. The van der Waals surface area contributed by atoms with Crippen LogP contribution < -0.4 is 11.3 Å². The molecular formula is C12H16N4OS2. The molecule has 0 aromatic carbocycles. The Balaban J connectivity index is 2.00. The normalized spacial score (nSPS) is 23.1. The van der Waals surface area contributed by atoms with Crippen LogP contribution in [0.5, 0.6) is 0 Å². The number of thiophene rings is 1. The van der Waals surface area contributed by atoms with Crippen molar-refractivity contribution in [1.82, 2.24) is 9.97 Å². The van der Waals surface area contributed by atoms with Crippen molar-refractivity contribution in [1.29, 1.82) is 0 Å². The van der Waals surface area contributed by atoms with Gasteiger partial charge in [-0.15, -0.1) is 11.3 Å². The maximum absolute atomic E-state index is 5.61. The molecule has 2 atom stereocenters. The Morgan fingerprint density at radius 2 is 2.37 bits per heavy atom. The van der Waals surface area contributed by atoms with Crippen LogP contribution in [-0.2, 0) is 4.74 Å². The molecule has 0 aliphatic carbocycles. The van der Waals surface area contributed by atoms with E-state index >= 15 is 0 Å². The van der Waals surface area contributed by atoms with Crippen LogP contribution in [0.15, 0.2) is 11.1 Å². The number of ether oxygens (including phenoxy) is 1. The fourth-order valence-electron chi connectivity index (χ4n) is 2.18. The number of fused-ring (bicyclic) bond motifs is 1. The minimum Gasteiger partial charge on any atom is -0.377 e. The zero-order valence-electron chi connectivity index (χ0n) is 10.8. The molecule has 7 heteroatoms. The van der Waals surface area contributed by atoms with Crippen LogP contribution in [0.1, 0.15) is 18.2 Å². The second kappa shape index (κ2) is 5.24. The number of hydrogen-bond acceptors (Lipinski definition) is 7. The average molecular weight is 296 g/mol. The summed E-state index contributed by atoms with van der Waals surface area (Å²) in [5.74, 6) is 5.92. The number of hydrazine groups is 1. The van der Waals surface area contributed by atoms with E-state index in [0.717, 1.165) is 28.3 Å². The Morgan fingerprint density at radius 3 is 3.05 bits per heavy atom. The Hall–Kier alpha value is -0.890. The number of nitrogens with one attached hydrogen (secondary N) is 1. The van der Waals surface area contributed by atoms with Crippen LogP contribution in [0.3, 0.4) is 0 Å². The van der Waals surface area contributed by atoms with Crippen LogP contribution >= 0.6 is 23.1 Å². The highest BCUT2D eigenvalue weighted by molar-refractivity contribution is 8.00. The molecule has 5 nitrogen and oxygen atoms in total. The molecule has 0 radical (unpaired) electrons. The fourth-order valence-corrected chi connectivity index (χ4v) is 4.32. The lowest BCUT2D eigenvalue weighted by atomic mass is 10.3. The summed E-state index contributed by atoms with van der Waals surface area (Å²) in [6, 6.07) is 2.14. The van der Waals surface area contributed by atoms with Gasteiger partial charge in [0.25, 0.3) is 0 Å². The van der Waals surface area contributed by atoms with Gasteiger partial charge in [-0.25, -0.2) is 15.8 Å². The van der Waals surface area contributed by atoms with Gasteiger partial charge in [0, 0.05) is 22.1 Å². The summed E-state index contributed by atoms with van der Waals surface area (Å²) in [6.07, 6.45) is 1.33. The van der Waals surface area contributed by atoms with Crippen molar-refractivity contribution in [3.05, 3.63) is 10.9 Å². The Morgan fingerprint density at radius 1 is 1.53 bits per heavy atom. The number of nitrogen functional groups attached to an aromatic ring is 1. The molecule has 0 saturated carbocycles. The van der Waals surface area contributed by atoms with E-state index in [1.165, 1.54) is 4.88 Å². The van der Waals surface area contributed by atoms with E-state index in [1.54, 1.807) is 23.1 Å². The first-order chi connectivity index (χ1) is 9.17. The SMILES string of the molecule is Cc1cc2c(SC3CCOC3C)nc(NN)nc2s1. The number of anilines is 1. The number of aryl methyl sites for hydroxylation is 1. The summed E-state index contributed by atoms with van der Waals surface area (Å²) in [6.45, 7) is 5.03. The van der Waals surface area contributed by atoms with Crippen LogP contribution in [-0.4, -0.2) is 27.9 Å². The quantitative estimate of drug-likeness (QED) is 0.515. The second-order valence-corrected chi connectivity index (χ2v) is 7.06. The number of thioether (sulfide) groups is 1. The lowest BCUT2D eigenvalue weighted by molar-refractivity contribution is 0.127. The fraction of sp³-hybridized carbons (Fsp3) is 0.500. The van der Waals surface area contributed by atoms with Gasteiger partial charge in [-0.05, 0) is 26.3 Å². The van der Waals surface area contributed by atoms with Gasteiger partial charge in [-0.2, -0.15) is 0 Å². The molecule has 1 aliphatic rings. The summed E-state index contributed by atoms with van der Waals surface area (Å²) in [5.41, 5.74) is 2.54. The van der Waals surface area contributed by atoms with Gasteiger partial charge in [0.15, 0.2) is 0 Å². The minimum atomic E-state index is 0.268. The molecule has 102 valence electrons. The van der Waals surface area contributed by atoms with E-state index in [4.69, 9.17) is 10.6 Å². The van der Waals surface area contributed by atoms with Crippen LogP contribution in [0.25, 0.3) is 10.2 Å². The van der Waals surface area contributed by atoms with Crippen molar-refractivity contribution >= 4 is 39.3 Å². The van der Waals surface area contributed by atoms with E-state index in [0.29, 0.717) is 11.2 Å².